The number of aliphatic hydroxyl groups excluding tert-OH is 1. The summed E-state index contributed by atoms with van der Waals surface area (Å²) < 4.78 is 12.5. The Morgan fingerprint density at radius 2 is 2.15 bits per heavy atom. The summed E-state index contributed by atoms with van der Waals surface area (Å²) in [5.74, 6) is -0.0862. The highest BCUT2D eigenvalue weighted by Crippen LogP contribution is 2.07. The molecule has 0 aromatic carbocycles. The van der Waals surface area contributed by atoms with E-state index in [-0.39, 0.29) is 5.56 Å². The number of aliphatic hydroxyl groups is 1. The molecule has 1 rings (SSSR count). The number of nitrogens with zero attached hydrogens (tertiary/aromatic N) is 3. The molecule has 27 heavy (non-hydrogen) atoms. The Bertz CT molecular complexity index is 781. The molecule has 1 aromatic rings. The van der Waals surface area contributed by atoms with Crippen LogP contribution in [0.4, 0.5) is 4.39 Å². The second kappa shape index (κ2) is 11.2. The maximum Gasteiger partial charge on any atom is 0.254 e. The number of nitrogens with one attached hydrogen (secondary N) is 1. The Morgan fingerprint density at radius 1 is 1.44 bits per heavy atom. The number of rotatable bonds is 10. The number of aromatic amines is 1. The first-order chi connectivity index (χ1) is 12.7. The van der Waals surface area contributed by atoms with Gasteiger partial charge in [0.05, 0.1) is 12.6 Å². The van der Waals surface area contributed by atoms with Gasteiger partial charge in [0.15, 0.2) is 5.82 Å². The van der Waals surface area contributed by atoms with Gasteiger partial charge in [-0.05, 0) is 39.2 Å². The van der Waals surface area contributed by atoms with Crippen molar-refractivity contribution in [3.63, 3.8) is 0 Å². The highest BCUT2D eigenvalue weighted by atomic mass is 19.1. The summed E-state index contributed by atoms with van der Waals surface area (Å²) in [6.45, 7) is 8.94. The molecule has 2 N–H and O–H groups in total. The van der Waals surface area contributed by atoms with Gasteiger partial charge in [-0.3, -0.25) is 9.80 Å². The zero-order valence-electron chi connectivity index (χ0n) is 16.5. The molecule has 1 atom stereocenters. The van der Waals surface area contributed by atoms with Crippen LogP contribution >= 0.6 is 0 Å². The highest BCUT2D eigenvalue weighted by Gasteiger charge is 2.12. The average molecular weight is 376 g/mol. The second-order valence-corrected chi connectivity index (χ2v) is 6.35. The Hall–Kier alpha value is -2.54. The van der Waals surface area contributed by atoms with Crippen molar-refractivity contribution in [3.05, 3.63) is 64.1 Å². The van der Waals surface area contributed by atoms with E-state index >= 15 is 0 Å². The zero-order valence-corrected chi connectivity index (χ0v) is 16.5. The minimum Gasteiger partial charge on any atom is -0.391 e. The number of likely N-dealkylation sites (N-methyl/N-ethyl adjacent to an activating group) is 1. The molecule has 0 radical (unpaired) electrons. The third kappa shape index (κ3) is 8.13. The van der Waals surface area contributed by atoms with Gasteiger partial charge >= 0.3 is 0 Å². The molecular formula is C20H29FN4O2. The zero-order chi connectivity index (χ0) is 20.4. The summed E-state index contributed by atoms with van der Waals surface area (Å²) in [5.41, 5.74) is 1.65. The van der Waals surface area contributed by atoms with Crippen LogP contribution in [-0.2, 0) is 0 Å². The van der Waals surface area contributed by atoms with Crippen molar-refractivity contribution in [1.82, 2.24) is 15.0 Å². The van der Waals surface area contributed by atoms with Crippen LogP contribution in [0.25, 0.3) is 0 Å². The average Bonchev–Trinajstić information content (AvgIpc) is 2.60. The number of hydrogen-bond donors (Lipinski definition) is 2. The number of aryl methyl sites for hydroxylation is 1. The fourth-order valence-electron chi connectivity index (χ4n) is 2.23. The molecule has 148 valence electrons. The fraction of sp³-hybridized carbons (Fsp3) is 0.450. The molecule has 0 saturated carbocycles. The monoisotopic (exact) mass is 376 g/mol. The number of halogens is 1. The number of hydrazone groups is 1. The maximum absolute atomic E-state index is 12.5. The van der Waals surface area contributed by atoms with Gasteiger partial charge in [0, 0.05) is 18.3 Å². The predicted molar refractivity (Wildman–Crippen MR) is 108 cm³/mol. The van der Waals surface area contributed by atoms with Crippen LogP contribution in [-0.4, -0.2) is 45.5 Å². The highest BCUT2D eigenvalue weighted by molar-refractivity contribution is 5.97. The summed E-state index contributed by atoms with van der Waals surface area (Å²) in [7, 11) is 1.77. The molecule has 0 spiro atoms. The summed E-state index contributed by atoms with van der Waals surface area (Å²) in [6, 6.07) is 0. The van der Waals surface area contributed by atoms with Crippen molar-refractivity contribution < 1.29 is 9.50 Å². The SMILES string of the molecule is C=C(F)/C=C\C=C/CC/C(=N/N(C)CC(O)CC)c1nc(C)c(C)c(=O)[nH]1. The number of aromatic nitrogens is 2. The molecule has 0 aliphatic rings. The summed E-state index contributed by atoms with van der Waals surface area (Å²) >= 11 is 0. The van der Waals surface area contributed by atoms with Gasteiger partial charge in [-0.25, -0.2) is 9.37 Å². The molecule has 0 aliphatic carbocycles. The fourth-order valence-corrected chi connectivity index (χ4v) is 2.23. The molecule has 0 aliphatic heterocycles. The lowest BCUT2D eigenvalue weighted by atomic mass is 10.1. The van der Waals surface area contributed by atoms with E-state index in [1.54, 1.807) is 38.1 Å². The molecule has 7 heteroatoms. The maximum atomic E-state index is 12.5. The van der Waals surface area contributed by atoms with E-state index in [2.05, 4.69) is 21.6 Å². The first-order valence-corrected chi connectivity index (χ1v) is 8.96. The van der Waals surface area contributed by atoms with E-state index in [1.807, 2.05) is 13.0 Å². The minimum atomic E-state index is -0.505. The van der Waals surface area contributed by atoms with E-state index in [4.69, 9.17) is 0 Å². The van der Waals surface area contributed by atoms with Gasteiger partial charge in [0.2, 0.25) is 0 Å². The van der Waals surface area contributed by atoms with E-state index in [0.29, 0.717) is 48.6 Å². The topological polar surface area (TPSA) is 81.6 Å². The Labute approximate surface area is 159 Å². The molecule has 1 heterocycles. The molecule has 1 unspecified atom stereocenters. The number of H-pyrrole nitrogens is 1. The third-order valence-electron chi connectivity index (χ3n) is 3.98. The smallest absolute Gasteiger partial charge is 0.254 e. The summed E-state index contributed by atoms with van der Waals surface area (Å²) in [4.78, 5) is 19.3. The molecule has 0 saturated heterocycles. The van der Waals surface area contributed by atoms with Crippen molar-refractivity contribution >= 4 is 5.71 Å². The van der Waals surface area contributed by atoms with Crippen LogP contribution in [0, 0.1) is 13.8 Å². The Kier molecular flexibility index (Phi) is 9.36. The van der Waals surface area contributed by atoms with Crippen molar-refractivity contribution in [2.75, 3.05) is 13.6 Å². The van der Waals surface area contributed by atoms with Gasteiger partial charge in [-0.1, -0.05) is 31.7 Å². The van der Waals surface area contributed by atoms with Crippen LogP contribution in [0.3, 0.4) is 0 Å². The first kappa shape index (κ1) is 22.5. The van der Waals surface area contributed by atoms with Crippen molar-refractivity contribution in [2.45, 2.75) is 46.1 Å². The number of allylic oxidation sites excluding steroid dienone is 5. The Balaban J connectivity index is 3.02. The lowest BCUT2D eigenvalue weighted by Gasteiger charge is -2.18. The molecule has 1 aromatic heterocycles. The van der Waals surface area contributed by atoms with Crippen LogP contribution in [0.2, 0.25) is 0 Å². The molecule has 0 amide bonds. The van der Waals surface area contributed by atoms with Crippen molar-refractivity contribution in [1.29, 1.82) is 0 Å². The minimum absolute atomic E-state index is 0.193. The second-order valence-electron chi connectivity index (χ2n) is 6.35. The van der Waals surface area contributed by atoms with Crippen LogP contribution < -0.4 is 5.56 Å². The van der Waals surface area contributed by atoms with Gasteiger partial charge in [0.1, 0.15) is 11.5 Å². The third-order valence-corrected chi connectivity index (χ3v) is 3.98. The quantitative estimate of drug-likeness (QED) is 0.373. The summed E-state index contributed by atoms with van der Waals surface area (Å²) in [6.07, 6.45) is 7.74. The van der Waals surface area contributed by atoms with Gasteiger partial charge in [-0.15, -0.1) is 0 Å². The van der Waals surface area contributed by atoms with Gasteiger partial charge < -0.3 is 10.1 Å². The van der Waals surface area contributed by atoms with Crippen LogP contribution in [0.1, 0.15) is 43.3 Å². The molecule has 6 nitrogen and oxygen atoms in total. The molecule has 0 bridgehead atoms. The standard InChI is InChI=1S/C20H29FN4O2/c1-6-17(26)13-25(5)24-18(12-10-8-7-9-11-14(2)21)19-22-16(4)15(3)20(27)23-19/h7-9,11,17,26H,2,6,10,12-13H2,1,3-5H3,(H,22,23,27)/b8-7-,11-9-,24-18-. The van der Waals surface area contributed by atoms with Crippen molar-refractivity contribution in [3.8, 4) is 0 Å². The van der Waals surface area contributed by atoms with E-state index in [1.165, 1.54) is 6.08 Å². The lowest BCUT2D eigenvalue weighted by molar-refractivity contribution is 0.124. The first-order valence-electron chi connectivity index (χ1n) is 8.96. The largest absolute Gasteiger partial charge is 0.391 e. The number of hydrogen-bond acceptors (Lipinski definition) is 5. The van der Waals surface area contributed by atoms with Crippen LogP contribution in [0.5, 0.6) is 0 Å². The van der Waals surface area contributed by atoms with Gasteiger partial charge in [0.25, 0.3) is 5.56 Å². The van der Waals surface area contributed by atoms with Gasteiger partial charge in [-0.2, -0.15) is 5.10 Å². The summed E-state index contributed by atoms with van der Waals surface area (Å²) in [5, 5.41) is 16.0. The molecular weight excluding hydrogens is 347 g/mol. The van der Waals surface area contributed by atoms with Crippen molar-refractivity contribution in [2.24, 2.45) is 5.10 Å². The van der Waals surface area contributed by atoms with E-state index in [0.717, 1.165) is 0 Å². The normalized spacial score (nSPS) is 13.5. The van der Waals surface area contributed by atoms with E-state index < -0.39 is 11.9 Å². The Morgan fingerprint density at radius 3 is 2.74 bits per heavy atom. The lowest BCUT2D eigenvalue weighted by Crippen LogP contribution is -2.27. The predicted octanol–water partition coefficient (Wildman–Crippen LogP) is 3.17. The van der Waals surface area contributed by atoms with Crippen LogP contribution in [0.15, 0.2) is 46.6 Å². The molecule has 0 fully saturated rings. The van der Waals surface area contributed by atoms with E-state index in [9.17, 15) is 14.3 Å².